The van der Waals surface area contributed by atoms with Crippen molar-refractivity contribution in [1.82, 2.24) is 10.3 Å². The molecule has 2 rings (SSSR count). The van der Waals surface area contributed by atoms with Gasteiger partial charge in [-0.2, -0.15) is 0 Å². The van der Waals surface area contributed by atoms with Gasteiger partial charge in [-0.05, 0) is 55.2 Å². The van der Waals surface area contributed by atoms with Gasteiger partial charge in [-0.1, -0.05) is 18.2 Å². The first-order valence-corrected chi connectivity index (χ1v) is 6.36. The van der Waals surface area contributed by atoms with Crippen molar-refractivity contribution in [3.8, 4) is 0 Å². The van der Waals surface area contributed by atoms with E-state index in [0.717, 1.165) is 6.54 Å². The molecule has 2 heteroatoms. The lowest BCUT2D eigenvalue weighted by Crippen LogP contribution is -2.18. The first-order valence-electron chi connectivity index (χ1n) is 6.36. The first kappa shape index (κ1) is 12.8. The Labute approximate surface area is 109 Å². The van der Waals surface area contributed by atoms with E-state index in [1.54, 1.807) is 0 Å². The van der Waals surface area contributed by atoms with Crippen LogP contribution in [0, 0.1) is 13.8 Å². The Morgan fingerprint density at radius 1 is 1.06 bits per heavy atom. The van der Waals surface area contributed by atoms with Crippen LogP contribution in [0.5, 0.6) is 0 Å². The van der Waals surface area contributed by atoms with Gasteiger partial charge in [-0.3, -0.25) is 4.98 Å². The van der Waals surface area contributed by atoms with Crippen molar-refractivity contribution in [2.24, 2.45) is 0 Å². The first-order chi connectivity index (χ1) is 8.66. The van der Waals surface area contributed by atoms with E-state index < -0.39 is 0 Å². The molecule has 0 saturated heterocycles. The summed E-state index contributed by atoms with van der Waals surface area (Å²) in [7, 11) is 0. The zero-order valence-corrected chi connectivity index (χ0v) is 11.3. The van der Waals surface area contributed by atoms with Gasteiger partial charge < -0.3 is 5.32 Å². The molecule has 0 bridgehead atoms. The van der Waals surface area contributed by atoms with Crippen molar-refractivity contribution >= 4 is 0 Å². The van der Waals surface area contributed by atoms with E-state index >= 15 is 0 Å². The summed E-state index contributed by atoms with van der Waals surface area (Å²) in [4.78, 5) is 4.04. The molecular formula is C16H20N2. The quantitative estimate of drug-likeness (QED) is 0.884. The molecule has 0 aliphatic carbocycles. The van der Waals surface area contributed by atoms with Crippen LogP contribution >= 0.6 is 0 Å². The molecule has 1 aromatic heterocycles. The van der Waals surface area contributed by atoms with Gasteiger partial charge in [-0.25, -0.2) is 0 Å². The van der Waals surface area contributed by atoms with Crippen LogP contribution in [0.3, 0.4) is 0 Å². The molecule has 0 aliphatic heterocycles. The molecule has 1 atom stereocenters. The number of hydrogen-bond donors (Lipinski definition) is 1. The van der Waals surface area contributed by atoms with Crippen molar-refractivity contribution in [3.05, 3.63) is 65.0 Å². The van der Waals surface area contributed by atoms with Crippen LogP contribution in [-0.2, 0) is 6.54 Å². The molecule has 2 nitrogen and oxygen atoms in total. The number of rotatable bonds is 4. The molecule has 0 saturated carbocycles. The molecule has 1 heterocycles. The van der Waals surface area contributed by atoms with E-state index in [9.17, 15) is 0 Å². The topological polar surface area (TPSA) is 24.9 Å². The highest BCUT2D eigenvalue weighted by atomic mass is 14.9. The van der Waals surface area contributed by atoms with Crippen LogP contribution in [0.2, 0.25) is 0 Å². The van der Waals surface area contributed by atoms with Gasteiger partial charge in [0.1, 0.15) is 0 Å². The van der Waals surface area contributed by atoms with Gasteiger partial charge in [0, 0.05) is 25.0 Å². The van der Waals surface area contributed by atoms with Crippen molar-refractivity contribution in [2.45, 2.75) is 33.4 Å². The predicted molar refractivity (Wildman–Crippen MR) is 75.4 cm³/mol. The maximum absolute atomic E-state index is 4.04. The fraction of sp³-hybridized carbons (Fsp3) is 0.312. The second kappa shape index (κ2) is 5.78. The van der Waals surface area contributed by atoms with Crippen molar-refractivity contribution in [3.63, 3.8) is 0 Å². The van der Waals surface area contributed by atoms with Gasteiger partial charge >= 0.3 is 0 Å². The number of nitrogens with zero attached hydrogens (tertiary/aromatic N) is 1. The van der Waals surface area contributed by atoms with E-state index in [2.05, 4.69) is 61.4 Å². The van der Waals surface area contributed by atoms with Gasteiger partial charge in [0.25, 0.3) is 0 Å². The third-order valence-electron chi connectivity index (χ3n) is 3.39. The molecule has 0 fully saturated rings. The molecule has 0 radical (unpaired) electrons. The third-order valence-corrected chi connectivity index (χ3v) is 3.39. The molecule has 0 amide bonds. The molecule has 1 N–H and O–H groups in total. The predicted octanol–water partition coefficient (Wildman–Crippen LogP) is 3.55. The highest BCUT2D eigenvalue weighted by Gasteiger charge is 2.04. The minimum absolute atomic E-state index is 0.342. The lowest BCUT2D eigenvalue weighted by molar-refractivity contribution is 0.574. The summed E-state index contributed by atoms with van der Waals surface area (Å²) in [5.74, 6) is 0. The van der Waals surface area contributed by atoms with Crippen LogP contribution in [0.1, 0.15) is 35.2 Å². The van der Waals surface area contributed by atoms with Crippen LogP contribution in [0.4, 0.5) is 0 Å². The van der Waals surface area contributed by atoms with E-state index in [-0.39, 0.29) is 0 Å². The standard InChI is InChI=1S/C16H20N2/c1-12-4-5-15(10-13(12)2)11-18-14(3)16-6-8-17-9-7-16/h4-10,14,18H,11H2,1-3H3. The fourth-order valence-corrected chi connectivity index (χ4v) is 1.95. The van der Waals surface area contributed by atoms with Gasteiger partial charge in [0.15, 0.2) is 0 Å². The summed E-state index contributed by atoms with van der Waals surface area (Å²) < 4.78 is 0. The largest absolute Gasteiger partial charge is 0.306 e. The molecule has 0 aliphatic rings. The normalized spacial score (nSPS) is 12.4. The Bertz CT molecular complexity index is 506. The monoisotopic (exact) mass is 240 g/mol. The highest BCUT2D eigenvalue weighted by molar-refractivity contribution is 5.30. The maximum atomic E-state index is 4.04. The number of benzene rings is 1. The minimum Gasteiger partial charge on any atom is -0.306 e. The summed E-state index contributed by atoms with van der Waals surface area (Å²) >= 11 is 0. The lowest BCUT2D eigenvalue weighted by atomic mass is 10.1. The number of aryl methyl sites for hydroxylation is 2. The number of hydrogen-bond acceptors (Lipinski definition) is 2. The number of pyridine rings is 1. The number of aromatic nitrogens is 1. The Hall–Kier alpha value is -1.67. The Morgan fingerprint density at radius 2 is 1.78 bits per heavy atom. The van der Waals surface area contributed by atoms with E-state index in [1.165, 1.54) is 22.3 Å². The average molecular weight is 240 g/mol. The molecule has 1 unspecified atom stereocenters. The summed E-state index contributed by atoms with van der Waals surface area (Å²) in [6.45, 7) is 7.37. The van der Waals surface area contributed by atoms with E-state index in [1.807, 2.05) is 12.4 Å². The SMILES string of the molecule is Cc1ccc(CNC(C)c2ccncc2)cc1C. The zero-order valence-electron chi connectivity index (χ0n) is 11.3. The molecule has 18 heavy (non-hydrogen) atoms. The van der Waals surface area contributed by atoms with Gasteiger partial charge in [0.05, 0.1) is 0 Å². The summed E-state index contributed by atoms with van der Waals surface area (Å²) in [6, 6.07) is 11.1. The number of nitrogens with one attached hydrogen (secondary N) is 1. The summed E-state index contributed by atoms with van der Waals surface area (Å²) in [5, 5.41) is 3.53. The third kappa shape index (κ3) is 3.17. The lowest BCUT2D eigenvalue weighted by Gasteiger charge is -2.14. The van der Waals surface area contributed by atoms with Crippen molar-refractivity contribution < 1.29 is 0 Å². The molecule has 94 valence electrons. The molecule has 0 spiro atoms. The second-order valence-electron chi connectivity index (χ2n) is 4.80. The maximum Gasteiger partial charge on any atom is 0.0296 e. The van der Waals surface area contributed by atoms with E-state index in [4.69, 9.17) is 0 Å². The minimum atomic E-state index is 0.342. The van der Waals surface area contributed by atoms with Gasteiger partial charge in [0.2, 0.25) is 0 Å². The zero-order chi connectivity index (χ0) is 13.0. The highest BCUT2D eigenvalue weighted by Crippen LogP contribution is 2.13. The van der Waals surface area contributed by atoms with Crippen molar-refractivity contribution in [2.75, 3.05) is 0 Å². The smallest absolute Gasteiger partial charge is 0.0296 e. The summed E-state index contributed by atoms with van der Waals surface area (Å²) in [6.07, 6.45) is 3.67. The van der Waals surface area contributed by atoms with Crippen LogP contribution in [0.25, 0.3) is 0 Å². The fourth-order valence-electron chi connectivity index (χ4n) is 1.95. The van der Waals surface area contributed by atoms with Gasteiger partial charge in [-0.15, -0.1) is 0 Å². The molecular weight excluding hydrogens is 220 g/mol. The average Bonchev–Trinajstić information content (AvgIpc) is 2.41. The molecule has 2 aromatic rings. The van der Waals surface area contributed by atoms with Crippen LogP contribution < -0.4 is 5.32 Å². The van der Waals surface area contributed by atoms with E-state index in [0.29, 0.717) is 6.04 Å². The second-order valence-corrected chi connectivity index (χ2v) is 4.80. The van der Waals surface area contributed by atoms with Crippen LogP contribution in [-0.4, -0.2) is 4.98 Å². The summed E-state index contributed by atoms with van der Waals surface area (Å²) in [5.41, 5.74) is 5.31. The Balaban J connectivity index is 1.97. The Kier molecular flexibility index (Phi) is 4.11. The Morgan fingerprint density at radius 3 is 2.44 bits per heavy atom. The molecule has 1 aromatic carbocycles. The van der Waals surface area contributed by atoms with Crippen molar-refractivity contribution in [1.29, 1.82) is 0 Å². The van der Waals surface area contributed by atoms with Crippen LogP contribution in [0.15, 0.2) is 42.7 Å².